The highest BCUT2D eigenvalue weighted by Gasteiger charge is 2.11. The number of halogens is 2. The molecule has 3 heteroatoms. The maximum atomic E-state index is 12.1. The summed E-state index contributed by atoms with van der Waals surface area (Å²) in [6.07, 6.45) is 0.523. The van der Waals surface area contributed by atoms with Crippen LogP contribution in [-0.2, 0) is 0 Å². The van der Waals surface area contributed by atoms with E-state index in [-0.39, 0.29) is 0 Å². The largest absolute Gasteiger partial charge is 0.306 e. The van der Waals surface area contributed by atoms with Crippen LogP contribution in [0.5, 0.6) is 0 Å². The second-order valence-electron chi connectivity index (χ2n) is 3.02. The lowest BCUT2D eigenvalue weighted by Crippen LogP contribution is -2.18. The average molecular weight is 161 g/mol. The second kappa shape index (κ2) is 3.81. The number of likely N-dealkylation sites (tertiary alicyclic amines) is 1. The topological polar surface area (TPSA) is 3.24 Å². The minimum absolute atomic E-state index is 0.356. The van der Waals surface area contributed by atoms with E-state index in [1.54, 1.807) is 0 Å². The van der Waals surface area contributed by atoms with Crippen LogP contribution in [0.3, 0.4) is 0 Å². The van der Waals surface area contributed by atoms with Crippen molar-refractivity contribution in [3.8, 4) is 0 Å². The Morgan fingerprint density at radius 3 is 2.64 bits per heavy atom. The third-order valence-electron chi connectivity index (χ3n) is 2.08. The quantitative estimate of drug-likeness (QED) is 0.526. The molecule has 0 aromatic heterocycles. The van der Waals surface area contributed by atoms with Gasteiger partial charge in [-0.2, -0.15) is 8.78 Å². The van der Waals surface area contributed by atoms with E-state index in [0.717, 1.165) is 19.5 Å². The Morgan fingerprint density at radius 1 is 1.27 bits per heavy atom. The van der Waals surface area contributed by atoms with E-state index in [1.807, 2.05) is 7.05 Å². The van der Waals surface area contributed by atoms with Crippen molar-refractivity contribution >= 4 is 0 Å². The highest BCUT2D eigenvalue weighted by atomic mass is 19.3. The molecule has 0 aromatic rings. The normalized spacial score (nSPS) is 21.5. The predicted molar refractivity (Wildman–Crippen MR) is 40.6 cm³/mol. The minimum atomic E-state index is -1.46. The van der Waals surface area contributed by atoms with Gasteiger partial charge in [-0.15, -0.1) is 0 Å². The fourth-order valence-electron chi connectivity index (χ4n) is 1.31. The van der Waals surface area contributed by atoms with E-state index in [1.165, 1.54) is 0 Å². The molecule has 0 aliphatic carbocycles. The number of nitrogens with zero attached hydrogens (tertiary/aromatic N) is 1. The molecule has 11 heavy (non-hydrogen) atoms. The average Bonchev–Trinajstić information content (AvgIpc) is 2.13. The SMILES string of the molecule is CN1CCCC(=C(F)F)CC1. The molecule has 0 amide bonds. The Morgan fingerprint density at radius 2 is 2.00 bits per heavy atom. The van der Waals surface area contributed by atoms with Crippen molar-refractivity contribution in [2.45, 2.75) is 19.3 Å². The molecule has 0 aromatic carbocycles. The number of hydrogen-bond donors (Lipinski definition) is 0. The third kappa shape index (κ3) is 2.58. The molecule has 0 radical (unpaired) electrons. The zero-order valence-corrected chi connectivity index (χ0v) is 6.74. The van der Waals surface area contributed by atoms with Crippen LogP contribution >= 0.6 is 0 Å². The molecule has 0 atom stereocenters. The molecule has 64 valence electrons. The summed E-state index contributed by atoms with van der Waals surface area (Å²) < 4.78 is 24.2. The van der Waals surface area contributed by atoms with Gasteiger partial charge in [-0.05, 0) is 38.4 Å². The summed E-state index contributed by atoms with van der Waals surface area (Å²) in [4.78, 5) is 2.09. The first-order valence-corrected chi connectivity index (χ1v) is 3.91. The van der Waals surface area contributed by atoms with Crippen molar-refractivity contribution in [2.24, 2.45) is 0 Å². The van der Waals surface area contributed by atoms with Crippen LogP contribution in [0.25, 0.3) is 0 Å². The van der Waals surface area contributed by atoms with Crippen molar-refractivity contribution in [1.82, 2.24) is 4.90 Å². The molecule has 0 N–H and O–H groups in total. The molecule has 1 heterocycles. The van der Waals surface area contributed by atoms with Gasteiger partial charge in [-0.3, -0.25) is 0 Å². The zero-order chi connectivity index (χ0) is 8.27. The van der Waals surface area contributed by atoms with Crippen LogP contribution in [0.1, 0.15) is 19.3 Å². The van der Waals surface area contributed by atoms with E-state index in [2.05, 4.69) is 4.90 Å². The predicted octanol–water partition coefficient (Wildman–Crippen LogP) is 2.25. The molecule has 1 rings (SSSR count). The summed E-state index contributed by atoms with van der Waals surface area (Å²) in [6.45, 7) is 1.71. The minimum Gasteiger partial charge on any atom is -0.306 e. The van der Waals surface area contributed by atoms with Gasteiger partial charge in [0, 0.05) is 6.54 Å². The Hall–Kier alpha value is -0.440. The number of rotatable bonds is 0. The lowest BCUT2D eigenvalue weighted by molar-refractivity contribution is 0.349. The van der Waals surface area contributed by atoms with Crippen LogP contribution in [0.2, 0.25) is 0 Å². The van der Waals surface area contributed by atoms with Crippen LogP contribution in [0.15, 0.2) is 11.7 Å². The van der Waals surface area contributed by atoms with Crippen molar-refractivity contribution < 1.29 is 8.78 Å². The standard InChI is InChI=1S/C8H13F2N/c1-11-5-2-3-7(4-6-11)8(9)10/h2-6H2,1H3. The van der Waals surface area contributed by atoms with Gasteiger partial charge >= 0.3 is 0 Å². The first-order chi connectivity index (χ1) is 5.20. The van der Waals surface area contributed by atoms with E-state index in [0.29, 0.717) is 18.4 Å². The van der Waals surface area contributed by atoms with E-state index < -0.39 is 6.08 Å². The van der Waals surface area contributed by atoms with Gasteiger partial charge in [0.2, 0.25) is 0 Å². The Labute approximate surface area is 65.7 Å². The summed E-state index contributed by atoms with van der Waals surface area (Å²) in [6, 6.07) is 0. The van der Waals surface area contributed by atoms with Gasteiger partial charge in [0.25, 0.3) is 6.08 Å². The van der Waals surface area contributed by atoms with Crippen molar-refractivity contribution in [2.75, 3.05) is 20.1 Å². The van der Waals surface area contributed by atoms with Crippen LogP contribution in [0.4, 0.5) is 8.78 Å². The molecular weight excluding hydrogens is 148 g/mol. The maximum Gasteiger partial charge on any atom is 0.269 e. The molecule has 1 nitrogen and oxygen atoms in total. The Balaban J connectivity index is 2.53. The fraction of sp³-hybridized carbons (Fsp3) is 0.750. The molecular formula is C8H13F2N. The summed E-state index contributed by atoms with van der Waals surface area (Å²) in [5.74, 6) is 0. The third-order valence-corrected chi connectivity index (χ3v) is 2.08. The Kier molecular flexibility index (Phi) is 3.00. The lowest BCUT2D eigenvalue weighted by Gasteiger charge is -2.10. The highest BCUT2D eigenvalue weighted by molar-refractivity contribution is 5.04. The van der Waals surface area contributed by atoms with E-state index >= 15 is 0 Å². The number of hydrogen-bond acceptors (Lipinski definition) is 1. The van der Waals surface area contributed by atoms with E-state index in [4.69, 9.17) is 0 Å². The molecule has 1 fully saturated rings. The first-order valence-electron chi connectivity index (χ1n) is 3.91. The van der Waals surface area contributed by atoms with Crippen LogP contribution < -0.4 is 0 Å². The van der Waals surface area contributed by atoms with Gasteiger partial charge in [-0.25, -0.2) is 0 Å². The van der Waals surface area contributed by atoms with Crippen molar-refractivity contribution in [3.63, 3.8) is 0 Å². The molecule has 0 unspecified atom stereocenters. The lowest BCUT2D eigenvalue weighted by atomic mass is 10.1. The fourth-order valence-corrected chi connectivity index (χ4v) is 1.31. The molecule has 1 aliphatic rings. The molecule has 1 saturated heterocycles. The zero-order valence-electron chi connectivity index (χ0n) is 6.74. The van der Waals surface area contributed by atoms with Crippen LogP contribution in [-0.4, -0.2) is 25.0 Å². The first kappa shape index (κ1) is 8.65. The van der Waals surface area contributed by atoms with Crippen molar-refractivity contribution in [1.29, 1.82) is 0 Å². The van der Waals surface area contributed by atoms with Gasteiger partial charge in [0.1, 0.15) is 0 Å². The van der Waals surface area contributed by atoms with Gasteiger partial charge in [0.15, 0.2) is 0 Å². The van der Waals surface area contributed by atoms with Gasteiger partial charge in [0.05, 0.1) is 0 Å². The summed E-state index contributed by atoms with van der Waals surface area (Å²) in [5.41, 5.74) is 0.356. The smallest absolute Gasteiger partial charge is 0.269 e. The summed E-state index contributed by atoms with van der Waals surface area (Å²) >= 11 is 0. The molecule has 0 saturated carbocycles. The highest BCUT2D eigenvalue weighted by Crippen LogP contribution is 2.20. The van der Waals surface area contributed by atoms with Crippen LogP contribution in [0, 0.1) is 0 Å². The van der Waals surface area contributed by atoms with E-state index in [9.17, 15) is 8.78 Å². The second-order valence-corrected chi connectivity index (χ2v) is 3.02. The van der Waals surface area contributed by atoms with Gasteiger partial charge in [-0.1, -0.05) is 0 Å². The van der Waals surface area contributed by atoms with Gasteiger partial charge < -0.3 is 4.90 Å². The molecule has 0 bridgehead atoms. The maximum absolute atomic E-state index is 12.1. The summed E-state index contributed by atoms with van der Waals surface area (Å²) in [5, 5.41) is 0. The van der Waals surface area contributed by atoms with Crippen molar-refractivity contribution in [3.05, 3.63) is 11.7 Å². The molecule has 1 aliphatic heterocycles. The molecule has 0 spiro atoms. The monoisotopic (exact) mass is 161 g/mol. The Bertz CT molecular complexity index is 161. The summed E-state index contributed by atoms with van der Waals surface area (Å²) in [7, 11) is 1.97.